The van der Waals surface area contributed by atoms with E-state index in [0.717, 1.165) is 49.9 Å². The van der Waals surface area contributed by atoms with E-state index < -0.39 is 6.04 Å². The topological polar surface area (TPSA) is 85.0 Å². The van der Waals surface area contributed by atoms with Gasteiger partial charge in [-0.15, -0.1) is 0 Å². The SMILES string of the molecule is CC1CC(CN2CCN(c3ccc4c(c3)CN(C3CCC(=O)NC3=O)C4=O)CC2)CCN1. The molecule has 0 aromatic heterocycles. The Bertz CT molecular complexity index is 911. The molecule has 1 aromatic rings. The monoisotopic (exact) mass is 439 g/mol. The molecule has 0 spiro atoms. The fourth-order valence-corrected chi connectivity index (χ4v) is 5.71. The predicted octanol–water partition coefficient (Wildman–Crippen LogP) is 0.958. The van der Waals surface area contributed by atoms with E-state index in [0.29, 0.717) is 24.6 Å². The summed E-state index contributed by atoms with van der Waals surface area (Å²) >= 11 is 0. The van der Waals surface area contributed by atoms with Gasteiger partial charge in [0, 0.05) is 63.0 Å². The van der Waals surface area contributed by atoms with Crippen LogP contribution in [0.3, 0.4) is 0 Å². The molecular weight excluding hydrogens is 406 g/mol. The first-order valence-corrected chi connectivity index (χ1v) is 12.0. The molecule has 8 nitrogen and oxygen atoms in total. The number of anilines is 1. The summed E-state index contributed by atoms with van der Waals surface area (Å²) in [6.07, 6.45) is 3.22. The third kappa shape index (κ3) is 4.26. The number of amides is 3. The molecule has 3 amide bonds. The van der Waals surface area contributed by atoms with Crippen molar-refractivity contribution in [2.45, 2.75) is 51.2 Å². The lowest BCUT2D eigenvalue weighted by Crippen LogP contribution is -2.52. The first-order valence-electron chi connectivity index (χ1n) is 12.0. The fraction of sp³-hybridized carbons (Fsp3) is 0.625. The van der Waals surface area contributed by atoms with Crippen LogP contribution in [0.25, 0.3) is 0 Å². The average Bonchev–Trinajstić information content (AvgIpc) is 3.10. The van der Waals surface area contributed by atoms with E-state index in [4.69, 9.17) is 0 Å². The van der Waals surface area contributed by atoms with E-state index in [1.807, 2.05) is 12.1 Å². The standard InChI is InChI=1S/C24H33N5O3/c1-16-12-17(6-7-25-16)14-27-8-10-28(11-9-27)19-2-3-20-18(13-19)15-29(24(20)32)21-4-5-22(30)26-23(21)31/h2-3,13,16-17,21,25H,4-12,14-15H2,1H3,(H,26,30,31). The van der Waals surface area contributed by atoms with Gasteiger partial charge in [0.25, 0.3) is 5.91 Å². The number of fused-ring (bicyclic) bond motifs is 1. The second-order valence-corrected chi connectivity index (χ2v) is 9.77. The van der Waals surface area contributed by atoms with Crippen LogP contribution in [0.2, 0.25) is 0 Å². The van der Waals surface area contributed by atoms with E-state index in [2.05, 4.69) is 33.4 Å². The summed E-state index contributed by atoms with van der Waals surface area (Å²) in [4.78, 5) is 43.2. The molecule has 0 saturated carbocycles. The molecule has 8 heteroatoms. The highest BCUT2D eigenvalue weighted by atomic mass is 16.2. The average molecular weight is 440 g/mol. The second-order valence-electron chi connectivity index (χ2n) is 9.77. The van der Waals surface area contributed by atoms with Crippen LogP contribution in [0, 0.1) is 5.92 Å². The highest BCUT2D eigenvalue weighted by molar-refractivity contribution is 6.05. The third-order valence-electron chi connectivity index (χ3n) is 7.49. The van der Waals surface area contributed by atoms with Gasteiger partial charge in [-0.3, -0.25) is 24.6 Å². The number of carbonyl (C=O) groups is 3. The van der Waals surface area contributed by atoms with Crippen molar-refractivity contribution in [2.24, 2.45) is 5.92 Å². The number of nitrogens with one attached hydrogen (secondary N) is 2. The van der Waals surface area contributed by atoms with Crippen LogP contribution in [0.5, 0.6) is 0 Å². The summed E-state index contributed by atoms with van der Waals surface area (Å²) in [6.45, 7) is 9.16. The zero-order valence-corrected chi connectivity index (χ0v) is 18.8. The van der Waals surface area contributed by atoms with Gasteiger partial charge in [-0.1, -0.05) is 0 Å². The molecule has 0 aliphatic carbocycles. The van der Waals surface area contributed by atoms with Crippen LogP contribution in [-0.4, -0.2) is 78.9 Å². The third-order valence-corrected chi connectivity index (χ3v) is 7.49. The first kappa shape index (κ1) is 21.4. The number of piperidine rings is 2. The maximum atomic E-state index is 12.9. The predicted molar refractivity (Wildman–Crippen MR) is 121 cm³/mol. The van der Waals surface area contributed by atoms with E-state index >= 15 is 0 Å². The molecule has 0 radical (unpaired) electrons. The maximum Gasteiger partial charge on any atom is 0.255 e. The van der Waals surface area contributed by atoms with Crippen LogP contribution < -0.4 is 15.5 Å². The van der Waals surface area contributed by atoms with E-state index in [-0.39, 0.29) is 24.1 Å². The van der Waals surface area contributed by atoms with Gasteiger partial charge in [0.1, 0.15) is 6.04 Å². The number of piperazine rings is 1. The zero-order valence-electron chi connectivity index (χ0n) is 18.8. The molecule has 3 unspecified atom stereocenters. The van der Waals surface area contributed by atoms with E-state index in [9.17, 15) is 14.4 Å². The minimum absolute atomic E-state index is 0.109. The number of carbonyl (C=O) groups excluding carboxylic acids is 3. The Kier molecular flexibility index (Phi) is 5.90. The van der Waals surface area contributed by atoms with Gasteiger partial charge < -0.3 is 15.1 Å². The molecule has 3 fully saturated rings. The lowest BCUT2D eigenvalue weighted by atomic mass is 9.92. The summed E-state index contributed by atoms with van der Waals surface area (Å²) in [5.74, 6) is 0.0672. The summed E-state index contributed by atoms with van der Waals surface area (Å²) in [7, 11) is 0. The number of benzene rings is 1. The van der Waals surface area contributed by atoms with Crippen molar-refractivity contribution < 1.29 is 14.4 Å². The molecule has 32 heavy (non-hydrogen) atoms. The molecule has 3 saturated heterocycles. The van der Waals surface area contributed by atoms with E-state index in [1.54, 1.807) is 4.90 Å². The van der Waals surface area contributed by atoms with Crippen molar-refractivity contribution in [3.8, 4) is 0 Å². The highest BCUT2D eigenvalue weighted by Gasteiger charge is 2.39. The Balaban J connectivity index is 1.19. The summed E-state index contributed by atoms with van der Waals surface area (Å²) in [5, 5.41) is 5.90. The summed E-state index contributed by atoms with van der Waals surface area (Å²) in [5.41, 5.74) is 2.80. The summed E-state index contributed by atoms with van der Waals surface area (Å²) < 4.78 is 0. The molecule has 5 rings (SSSR count). The van der Waals surface area contributed by atoms with Gasteiger partial charge in [-0.2, -0.15) is 0 Å². The molecule has 4 heterocycles. The maximum absolute atomic E-state index is 12.9. The quantitative estimate of drug-likeness (QED) is 0.680. The van der Waals surface area contributed by atoms with Crippen LogP contribution in [-0.2, 0) is 16.1 Å². The number of imide groups is 1. The molecule has 4 aliphatic heterocycles. The zero-order chi connectivity index (χ0) is 22.2. The Morgan fingerprint density at radius 2 is 1.88 bits per heavy atom. The number of hydrogen-bond donors (Lipinski definition) is 2. The van der Waals surface area contributed by atoms with Crippen LogP contribution in [0.4, 0.5) is 5.69 Å². The molecule has 0 bridgehead atoms. The van der Waals surface area contributed by atoms with Gasteiger partial charge in [-0.25, -0.2) is 0 Å². The molecular formula is C24H33N5O3. The largest absolute Gasteiger partial charge is 0.369 e. The minimum Gasteiger partial charge on any atom is -0.369 e. The Morgan fingerprint density at radius 1 is 1.06 bits per heavy atom. The number of hydrogen-bond acceptors (Lipinski definition) is 6. The fourth-order valence-electron chi connectivity index (χ4n) is 5.71. The van der Waals surface area contributed by atoms with Crippen LogP contribution in [0.15, 0.2) is 18.2 Å². The second kappa shape index (κ2) is 8.83. The Morgan fingerprint density at radius 3 is 2.62 bits per heavy atom. The molecule has 3 atom stereocenters. The van der Waals surface area contributed by atoms with Crippen molar-refractivity contribution in [3.05, 3.63) is 29.3 Å². The Labute approximate surface area is 189 Å². The van der Waals surface area contributed by atoms with Gasteiger partial charge in [0.15, 0.2) is 0 Å². The van der Waals surface area contributed by atoms with Gasteiger partial charge >= 0.3 is 0 Å². The van der Waals surface area contributed by atoms with Crippen LogP contribution >= 0.6 is 0 Å². The smallest absolute Gasteiger partial charge is 0.255 e. The van der Waals surface area contributed by atoms with Gasteiger partial charge in [0.05, 0.1) is 0 Å². The van der Waals surface area contributed by atoms with Crippen molar-refractivity contribution in [1.29, 1.82) is 0 Å². The van der Waals surface area contributed by atoms with Crippen molar-refractivity contribution in [1.82, 2.24) is 20.4 Å². The van der Waals surface area contributed by atoms with Gasteiger partial charge in [0.2, 0.25) is 11.8 Å². The molecule has 4 aliphatic rings. The van der Waals surface area contributed by atoms with Crippen molar-refractivity contribution in [2.75, 3.05) is 44.2 Å². The van der Waals surface area contributed by atoms with Gasteiger partial charge in [-0.05, 0) is 62.4 Å². The van der Waals surface area contributed by atoms with Crippen LogP contribution in [0.1, 0.15) is 48.5 Å². The number of rotatable bonds is 4. The van der Waals surface area contributed by atoms with E-state index in [1.165, 1.54) is 19.4 Å². The van der Waals surface area contributed by atoms with Crippen molar-refractivity contribution in [3.63, 3.8) is 0 Å². The van der Waals surface area contributed by atoms with Crippen molar-refractivity contribution >= 4 is 23.4 Å². The number of nitrogens with zero attached hydrogens (tertiary/aromatic N) is 3. The lowest BCUT2D eigenvalue weighted by molar-refractivity contribution is -0.136. The molecule has 2 N–H and O–H groups in total. The highest BCUT2D eigenvalue weighted by Crippen LogP contribution is 2.31. The first-order chi connectivity index (χ1) is 15.5. The molecule has 1 aromatic carbocycles. The summed E-state index contributed by atoms with van der Waals surface area (Å²) in [6, 6.07) is 6.13. The minimum atomic E-state index is -0.558. The molecule has 172 valence electrons. The lowest BCUT2D eigenvalue weighted by Gasteiger charge is -2.39. The normalized spacial score (nSPS) is 29.3. The Hall–Kier alpha value is -2.45.